The molecule has 0 saturated heterocycles. The lowest BCUT2D eigenvalue weighted by atomic mass is 10.1. The van der Waals surface area contributed by atoms with E-state index in [1.807, 2.05) is 16.0 Å². The van der Waals surface area contributed by atoms with Crippen molar-refractivity contribution in [1.82, 2.24) is 14.8 Å². The van der Waals surface area contributed by atoms with Crippen LogP contribution in [0.5, 0.6) is 0 Å². The fraction of sp³-hybridized carbons (Fsp3) is 0.316. The zero-order valence-corrected chi connectivity index (χ0v) is 18.5. The zero-order valence-electron chi connectivity index (χ0n) is 16.9. The van der Waals surface area contributed by atoms with Crippen LogP contribution in [-0.2, 0) is 22.5 Å². The van der Waals surface area contributed by atoms with Crippen molar-refractivity contribution in [3.63, 3.8) is 0 Å². The molecule has 0 unspecified atom stereocenters. The average Bonchev–Trinajstić information content (AvgIpc) is 3.45. The van der Waals surface area contributed by atoms with Crippen LogP contribution in [0, 0.1) is 6.92 Å². The number of furan rings is 1. The summed E-state index contributed by atoms with van der Waals surface area (Å²) in [5.74, 6) is -2.17. The number of carbonyl (C=O) groups excluding carboxylic acids is 3. The van der Waals surface area contributed by atoms with E-state index in [4.69, 9.17) is 14.9 Å². The highest BCUT2D eigenvalue weighted by Gasteiger charge is 2.29. The third-order valence-corrected chi connectivity index (χ3v) is 6.07. The lowest BCUT2D eigenvalue weighted by molar-refractivity contribution is -0.113. The van der Waals surface area contributed by atoms with Gasteiger partial charge in [0.25, 0.3) is 5.91 Å². The number of nitrogens with one attached hydrogen (secondary N) is 1. The van der Waals surface area contributed by atoms with Gasteiger partial charge < -0.3 is 19.5 Å². The van der Waals surface area contributed by atoms with Crippen molar-refractivity contribution in [1.29, 1.82) is 0 Å². The first-order chi connectivity index (χ1) is 14.9. The summed E-state index contributed by atoms with van der Waals surface area (Å²) >= 11 is 2.86. The van der Waals surface area contributed by atoms with Crippen LogP contribution in [-0.4, -0.2) is 44.9 Å². The Labute approximate surface area is 186 Å². The number of thiophene rings is 1. The van der Waals surface area contributed by atoms with Crippen molar-refractivity contribution in [3.05, 3.63) is 45.6 Å². The fourth-order valence-electron chi connectivity index (χ4n) is 2.80. The first-order valence-corrected chi connectivity index (χ1v) is 11.2. The number of anilines is 1. The summed E-state index contributed by atoms with van der Waals surface area (Å²) in [6.07, 6.45) is 2.44. The maximum atomic E-state index is 12.4. The maximum absolute atomic E-state index is 12.4. The van der Waals surface area contributed by atoms with E-state index in [1.54, 1.807) is 24.6 Å². The number of primary amides is 1. The molecule has 0 aliphatic carbocycles. The summed E-state index contributed by atoms with van der Waals surface area (Å²) in [6, 6.07) is 4.05. The Balaban J connectivity index is 1.64. The molecule has 10 nitrogen and oxygen atoms in total. The molecular formula is C19H21N5O5S2. The Hall–Kier alpha value is -3.12. The number of hydrogen-bond acceptors (Lipinski definition) is 9. The van der Waals surface area contributed by atoms with Gasteiger partial charge in [0.1, 0.15) is 23.2 Å². The highest BCUT2D eigenvalue weighted by molar-refractivity contribution is 7.99. The number of aryl methyl sites for hydroxylation is 3. The van der Waals surface area contributed by atoms with Crippen LogP contribution in [0.4, 0.5) is 5.88 Å². The molecule has 0 spiro atoms. The van der Waals surface area contributed by atoms with Crippen LogP contribution in [0.25, 0.3) is 0 Å². The van der Waals surface area contributed by atoms with E-state index in [2.05, 4.69) is 21.6 Å². The largest absolute Gasteiger partial charge is 0.462 e. The van der Waals surface area contributed by atoms with Gasteiger partial charge in [0.05, 0.1) is 12.4 Å². The molecule has 3 N–H and O–H groups in total. The van der Waals surface area contributed by atoms with Crippen LogP contribution in [0.2, 0.25) is 0 Å². The van der Waals surface area contributed by atoms with E-state index in [9.17, 15) is 14.4 Å². The number of amides is 2. The van der Waals surface area contributed by atoms with Crippen molar-refractivity contribution >= 4 is 46.8 Å². The lowest BCUT2D eigenvalue weighted by Gasteiger charge is -2.06. The van der Waals surface area contributed by atoms with Gasteiger partial charge in [-0.3, -0.25) is 14.9 Å². The molecule has 0 aliphatic rings. The maximum Gasteiger partial charge on any atom is 0.342 e. The molecule has 164 valence electrons. The molecule has 0 fully saturated rings. The molecule has 0 aromatic carbocycles. The number of hydrogen-bond donors (Lipinski definition) is 2. The summed E-state index contributed by atoms with van der Waals surface area (Å²) in [7, 11) is 0. The summed E-state index contributed by atoms with van der Waals surface area (Å²) in [4.78, 5) is 37.7. The number of nitrogens with zero attached hydrogens (tertiary/aromatic N) is 3. The Morgan fingerprint density at radius 3 is 2.84 bits per heavy atom. The lowest BCUT2D eigenvalue weighted by Crippen LogP contribution is -2.21. The highest BCUT2D eigenvalue weighted by Crippen LogP contribution is 2.28. The Kier molecular flexibility index (Phi) is 7.47. The number of ether oxygens (including phenoxy) is 1. The van der Waals surface area contributed by atoms with E-state index in [1.165, 1.54) is 23.6 Å². The van der Waals surface area contributed by atoms with E-state index < -0.39 is 17.8 Å². The van der Waals surface area contributed by atoms with E-state index in [0.29, 0.717) is 11.7 Å². The van der Waals surface area contributed by atoms with Gasteiger partial charge in [-0.2, -0.15) is 0 Å². The molecule has 3 aromatic rings. The molecule has 0 saturated carbocycles. The second kappa shape index (κ2) is 10.3. The molecule has 3 rings (SSSR count). The quantitative estimate of drug-likeness (QED) is 0.345. The third-order valence-electron chi connectivity index (χ3n) is 4.15. The number of nitrogens with two attached hydrogens (primary N) is 1. The Bertz CT molecular complexity index is 1070. The molecule has 31 heavy (non-hydrogen) atoms. The molecule has 2 amide bonds. The SMILES string of the molecule is CCOC(=O)c1c(C)oc(NC(=O)CSc2nncn2CCc2cccs2)c1C(N)=O. The Morgan fingerprint density at radius 2 is 2.16 bits per heavy atom. The van der Waals surface area contributed by atoms with Gasteiger partial charge >= 0.3 is 5.97 Å². The van der Waals surface area contributed by atoms with Crippen molar-refractivity contribution in [2.45, 2.75) is 32.0 Å². The molecule has 0 aliphatic heterocycles. The average molecular weight is 464 g/mol. The predicted octanol–water partition coefficient (Wildman–Crippen LogP) is 2.49. The van der Waals surface area contributed by atoms with Crippen LogP contribution in [0.3, 0.4) is 0 Å². The van der Waals surface area contributed by atoms with Crippen LogP contribution in [0.15, 0.2) is 33.4 Å². The van der Waals surface area contributed by atoms with Crippen LogP contribution in [0.1, 0.15) is 38.3 Å². The van der Waals surface area contributed by atoms with Crippen LogP contribution >= 0.6 is 23.1 Å². The summed E-state index contributed by atoms with van der Waals surface area (Å²) in [6.45, 7) is 3.92. The molecule has 0 radical (unpaired) electrons. The number of rotatable bonds is 10. The molecule has 12 heteroatoms. The first kappa shape index (κ1) is 22.6. The van der Waals surface area contributed by atoms with Gasteiger partial charge in [-0.1, -0.05) is 17.8 Å². The van der Waals surface area contributed by atoms with Crippen molar-refractivity contribution in [2.24, 2.45) is 5.73 Å². The number of carbonyl (C=O) groups is 3. The number of thioether (sulfide) groups is 1. The minimum Gasteiger partial charge on any atom is -0.462 e. The number of esters is 1. The van der Waals surface area contributed by atoms with E-state index >= 15 is 0 Å². The van der Waals surface area contributed by atoms with Gasteiger partial charge in [0.15, 0.2) is 5.16 Å². The summed E-state index contributed by atoms with van der Waals surface area (Å²) in [5, 5.41) is 13.1. The molecule has 3 heterocycles. The summed E-state index contributed by atoms with van der Waals surface area (Å²) in [5.41, 5.74) is 5.09. The van der Waals surface area contributed by atoms with Crippen molar-refractivity contribution in [2.75, 3.05) is 17.7 Å². The Morgan fingerprint density at radius 1 is 1.35 bits per heavy atom. The fourth-order valence-corrected chi connectivity index (χ4v) is 4.24. The standard InChI is InChI=1S/C19H21N5O5S2/c1-3-28-18(27)14-11(2)29-17(15(14)16(20)26)22-13(25)9-31-19-23-21-10-24(19)7-6-12-5-4-8-30-12/h4-5,8,10H,3,6-7,9H2,1-2H3,(H2,20,26)(H,22,25). The zero-order chi connectivity index (χ0) is 22.4. The number of aromatic nitrogens is 3. The van der Waals surface area contributed by atoms with E-state index in [0.717, 1.165) is 6.42 Å². The normalized spacial score (nSPS) is 10.8. The van der Waals surface area contributed by atoms with E-state index in [-0.39, 0.29) is 35.1 Å². The molecular weight excluding hydrogens is 442 g/mol. The van der Waals surface area contributed by atoms with Gasteiger partial charge in [-0.15, -0.1) is 21.5 Å². The molecule has 0 bridgehead atoms. The highest BCUT2D eigenvalue weighted by atomic mass is 32.2. The van der Waals surface area contributed by atoms with Gasteiger partial charge in [0, 0.05) is 11.4 Å². The van der Waals surface area contributed by atoms with Gasteiger partial charge in [-0.25, -0.2) is 4.79 Å². The molecule has 0 atom stereocenters. The van der Waals surface area contributed by atoms with Gasteiger partial charge in [0.2, 0.25) is 11.8 Å². The second-order valence-corrected chi connectivity index (χ2v) is 8.27. The molecule has 3 aromatic heterocycles. The minimum absolute atomic E-state index is 0.00954. The van der Waals surface area contributed by atoms with Crippen molar-refractivity contribution in [3.8, 4) is 0 Å². The topological polar surface area (TPSA) is 142 Å². The predicted molar refractivity (Wildman–Crippen MR) is 115 cm³/mol. The smallest absolute Gasteiger partial charge is 0.342 e. The van der Waals surface area contributed by atoms with Crippen LogP contribution < -0.4 is 11.1 Å². The minimum atomic E-state index is -0.906. The van der Waals surface area contributed by atoms with Crippen molar-refractivity contribution < 1.29 is 23.5 Å². The monoisotopic (exact) mass is 463 g/mol. The van der Waals surface area contributed by atoms with Gasteiger partial charge in [-0.05, 0) is 31.7 Å². The summed E-state index contributed by atoms with van der Waals surface area (Å²) < 4.78 is 12.2. The second-order valence-electron chi connectivity index (χ2n) is 6.30. The first-order valence-electron chi connectivity index (χ1n) is 9.33. The third kappa shape index (κ3) is 5.52.